The summed E-state index contributed by atoms with van der Waals surface area (Å²) in [7, 11) is 2.05. The normalized spacial score (nSPS) is 21.1. The lowest BCUT2D eigenvalue weighted by atomic mass is 9.57. The van der Waals surface area contributed by atoms with Crippen molar-refractivity contribution in [3.63, 3.8) is 0 Å². The van der Waals surface area contributed by atoms with Gasteiger partial charge < -0.3 is 14.7 Å². The van der Waals surface area contributed by atoms with Gasteiger partial charge >= 0.3 is 0 Å². The first-order chi connectivity index (χ1) is 13.1. The molecule has 1 saturated carbocycles. The van der Waals surface area contributed by atoms with Crippen molar-refractivity contribution in [1.82, 2.24) is 10.5 Å². The van der Waals surface area contributed by atoms with Crippen molar-refractivity contribution in [2.75, 3.05) is 11.9 Å². The zero-order valence-corrected chi connectivity index (χ0v) is 18.0. The summed E-state index contributed by atoms with van der Waals surface area (Å²) in [5, 5.41) is 7.51. The van der Waals surface area contributed by atoms with Crippen LogP contribution in [0.2, 0.25) is 0 Å². The number of nitrogens with zero attached hydrogens (tertiary/aromatic N) is 2. The molecule has 0 spiro atoms. The van der Waals surface area contributed by atoms with Gasteiger partial charge in [0, 0.05) is 30.3 Å². The molecule has 1 heterocycles. The number of hydrogen-bond acceptors (Lipinski definition) is 4. The van der Waals surface area contributed by atoms with Gasteiger partial charge in [-0.3, -0.25) is 4.79 Å². The van der Waals surface area contributed by atoms with Gasteiger partial charge in [-0.2, -0.15) is 0 Å². The minimum absolute atomic E-state index is 0.0564. The van der Waals surface area contributed by atoms with Gasteiger partial charge in [-0.05, 0) is 36.3 Å². The Hall–Kier alpha value is -2.30. The van der Waals surface area contributed by atoms with Crippen molar-refractivity contribution < 1.29 is 9.32 Å². The number of anilines is 1. The summed E-state index contributed by atoms with van der Waals surface area (Å²) in [4.78, 5) is 14.4. The maximum absolute atomic E-state index is 12.3. The van der Waals surface area contributed by atoms with Crippen molar-refractivity contribution in [1.29, 1.82) is 0 Å². The number of rotatable bonds is 6. The number of carbonyl (C=O) groups excluding carboxylic acids is 1. The van der Waals surface area contributed by atoms with Crippen molar-refractivity contribution in [2.24, 2.45) is 16.7 Å². The molecule has 5 nitrogen and oxygen atoms in total. The monoisotopic (exact) mass is 383 g/mol. The van der Waals surface area contributed by atoms with Crippen LogP contribution in [0, 0.1) is 16.7 Å². The maximum Gasteiger partial charge on any atom is 0.225 e. The van der Waals surface area contributed by atoms with Crippen LogP contribution in [0.4, 0.5) is 5.69 Å². The first-order valence-corrected chi connectivity index (χ1v) is 10.1. The molecule has 0 unspecified atom stereocenters. The first-order valence-electron chi connectivity index (χ1n) is 10.1. The van der Waals surface area contributed by atoms with E-state index in [1.165, 1.54) is 0 Å². The Morgan fingerprint density at radius 2 is 1.96 bits per heavy atom. The van der Waals surface area contributed by atoms with Crippen LogP contribution in [0.15, 0.2) is 40.9 Å². The molecule has 1 amide bonds. The van der Waals surface area contributed by atoms with E-state index < -0.39 is 0 Å². The highest BCUT2D eigenvalue weighted by Gasteiger charge is 2.49. The smallest absolute Gasteiger partial charge is 0.225 e. The summed E-state index contributed by atoms with van der Waals surface area (Å²) in [5.74, 6) is 1.48. The largest absolute Gasteiger partial charge is 0.367 e. The van der Waals surface area contributed by atoms with Crippen LogP contribution in [0.25, 0.3) is 0 Å². The number of carbonyl (C=O) groups is 1. The molecule has 2 aromatic rings. The Kier molecular flexibility index (Phi) is 5.55. The Bertz CT molecular complexity index is 805. The molecular weight excluding hydrogens is 350 g/mol. The van der Waals surface area contributed by atoms with E-state index in [1.807, 2.05) is 39.0 Å². The van der Waals surface area contributed by atoms with Gasteiger partial charge in [-0.15, -0.1) is 0 Å². The van der Waals surface area contributed by atoms with Gasteiger partial charge in [-0.25, -0.2) is 0 Å². The maximum atomic E-state index is 12.3. The fourth-order valence-electron chi connectivity index (χ4n) is 3.77. The SMILES string of the molecule is CN(Cc1cc(C[C@@H]2C[C@H](NC(=O)C(C)(C)C)C2(C)C)no1)c1ccccc1. The zero-order chi connectivity index (χ0) is 20.5. The van der Waals surface area contributed by atoms with E-state index in [9.17, 15) is 4.79 Å². The summed E-state index contributed by atoms with van der Waals surface area (Å²) >= 11 is 0. The van der Waals surface area contributed by atoms with Crippen LogP contribution in [0.5, 0.6) is 0 Å². The molecule has 2 atom stereocenters. The highest BCUT2D eigenvalue weighted by molar-refractivity contribution is 5.81. The van der Waals surface area contributed by atoms with E-state index >= 15 is 0 Å². The zero-order valence-electron chi connectivity index (χ0n) is 18.0. The van der Waals surface area contributed by atoms with Crippen LogP contribution in [0.3, 0.4) is 0 Å². The predicted octanol–water partition coefficient (Wildman–Crippen LogP) is 4.43. The molecule has 0 bridgehead atoms. The molecule has 1 aliphatic rings. The van der Waals surface area contributed by atoms with Crippen LogP contribution < -0.4 is 10.2 Å². The van der Waals surface area contributed by atoms with Crippen molar-refractivity contribution >= 4 is 11.6 Å². The number of nitrogens with one attached hydrogen (secondary N) is 1. The molecule has 152 valence electrons. The lowest BCUT2D eigenvalue weighted by Crippen LogP contribution is -2.60. The quantitative estimate of drug-likeness (QED) is 0.802. The third kappa shape index (κ3) is 4.40. The van der Waals surface area contributed by atoms with Crippen LogP contribution in [0.1, 0.15) is 52.5 Å². The molecule has 3 rings (SSSR count). The summed E-state index contributed by atoms with van der Waals surface area (Å²) in [6.07, 6.45) is 1.87. The molecule has 0 saturated heterocycles. The molecule has 1 aromatic heterocycles. The standard InChI is InChI=1S/C23H33N3O2/c1-22(2,3)21(27)24-20-13-16(23(20,4)5)12-17-14-19(28-25-17)15-26(6)18-10-8-7-9-11-18/h7-11,14,16,20H,12-13,15H2,1-6H3,(H,24,27)/t16-,20+/m1/s1. The number of amides is 1. The second-order valence-electron chi connectivity index (χ2n) is 9.71. The predicted molar refractivity (Wildman–Crippen MR) is 112 cm³/mol. The number of benzene rings is 1. The molecule has 0 radical (unpaired) electrons. The first kappa shape index (κ1) is 20.4. The Balaban J connectivity index is 1.55. The van der Waals surface area contributed by atoms with Gasteiger partial charge in [-0.1, -0.05) is 58.0 Å². The average Bonchev–Trinajstić information content (AvgIpc) is 3.07. The third-order valence-electron chi connectivity index (χ3n) is 6.11. The van der Waals surface area contributed by atoms with Crippen molar-refractivity contribution in [3.05, 3.63) is 47.9 Å². The van der Waals surface area contributed by atoms with E-state index in [2.05, 4.69) is 54.5 Å². The fraction of sp³-hybridized carbons (Fsp3) is 0.565. The molecule has 1 aromatic carbocycles. The topological polar surface area (TPSA) is 58.4 Å². The van der Waals surface area contributed by atoms with Crippen LogP contribution >= 0.6 is 0 Å². The van der Waals surface area contributed by atoms with Crippen LogP contribution in [-0.2, 0) is 17.8 Å². The van der Waals surface area contributed by atoms with E-state index in [-0.39, 0.29) is 22.8 Å². The lowest BCUT2D eigenvalue weighted by molar-refractivity contribution is -0.133. The molecule has 0 aliphatic heterocycles. The third-order valence-corrected chi connectivity index (χ3v) is 6.11. The molecule has 5 heteroatoms. The van der Waals surface area contributed by atoms with Gasteiger partial charge in [0.1, 0.15) is 0 Å². The molecule has 1 N–H and O–H groups in total. The molecule has 28 heavy (non-hydrogen) atoms. The number of hydrogen-bond donors (Lipinski definition) is 1. The van der Waals surface area contributed by atoms with E-state index in [4.69, 9.17) is 4.52 Å². The number of para-hydroxylation sites is 1. The summed E-state index contributed by atoms with van der Waals surface area (Å²) in [6.45, 7) is 11.0. The Labute approximate surface area is 168 Å². The highest BCUT2D eigenvalue weighted by atomic mass is 16.5. The second-order valence-corrected chi connectivity index (χ2v) is 9.71. The Morgan fingerprint density at radius 1 is 1.29 bits per heavy atom. The van der Waals surface area contributed by atoms with E-state index in [0.717, 1.165) is 30.0 Å². The summed E-state index contributed by atoms with van der Waals surface area (Å²) < 4.78 is 5.57. The average molecular weight is 384 g/mol. The molecular formula is C23H33N3O2. The van der Waals surface area contributed by atoms with Crippen molar-refractivity contribution in [2.45, 2.75) is 60.0 Å². The van der Waals surface area contributed by atoms with Gasteiger partial charge in [0.2, 0.25) is 5.91 Å². The Morgan fingerprint density at radius 3 is 2.57 bits per heavy atom. The summed E-state index contributed by atoms with van der Waals surface area (Å²) in [5.41, 5.74) is 1.85. The molecule has 1 fully saturated rings. The minimum atomic E-state index is -0.354. The van der Waals surface area contributed by atoms with Gasteiger partial charge in [0.25, 0.3) is 0 Å². The lowest BCUT2D eigenvalue weighted by Gasteiger charge is -2.52. The fourth-order valence-corrected chi connectivity index (χ4v) is 3.77. The molecule has 1 aliphatic carbocycles. The van der Waals surface area contributed by atoms with Gasteiger partial charge in [0.05, 0.1) is 12.2 Å². The second kappa shape index (κ2) is 7.61. The highest BCUT2D eigenvalue weighted by Crippen LogP contribution is 2.48. The van der Waals surface area contributed by atoms with E-state index in [1.54, 1.807) is 0 Å². The van der Waals surface area contributed by atoms with Crippen molar-refractivity contribution in [3.8, 4) is 0 Å². The van der Waals surface area contributed by atoms with E-state index in [0.29, 0.717) is 12.5 Å². The number of aromatic nitrogens is 1. The minimum Gasteiger partial charge on any atom is -0.367 e. The van der Waals surface area contributed by atoms with Crippen LogP contribution in [-0.4, -0.2) is 24.2 Å². The summed E-state index contributed by atoms with van der Waals surface area (Å²) in [6, 6.07) is 12.5. The van der Waals surface area contributed by atoms with Gasteiger partial charge in [0.15, 0.2) is 5.76 Å².